The van der Waals surface area contributed by atoms with E-state index in [1.807, 2.05) is 0 Å². The molecule has 0 atom stereocenters. The van der Waals surface area contributed by atoms with Crippen LogP contribution in [0, 0.1) is 15.9 Å². The van der Waals surface area contributed by atoms with Crippen molar-refractivity contribution < 1.29 is 14.1 Å². The van der Waals surface area contributed by atoms with E-state index in [1.54, 1.807) is 11.0 Å². The van der Waals surface area contributed by atoms with E-state index in [-0.39, 0.29) is 23.0 Å². The van der Waals surface area contributed by atoms with Crippen LogP contribution in [0.3, 0.4) is 0 Å². The molecule has 0 saturated carbocycles. The lowest BCUT2D eigenvalue weighted by Crippen LogP contribution is -2.37. The number of halogens is 2. The van der Waals surface area contributed by atoms with Gasteiger partial charge in [0.1, 0.15) is 12.1 Å². The van der Waals surface area contributed by atoms with Crippen molar-refractivity contribution in [3.05, 3.63) is 44.9 Å². The molecule has 0 aliphatic carbocycles. The number of rotatable bonds is 4. The van der Waals surface area contributed by atoms with Gasteiger partial charge in [0.25, 0.3) is 0 Å². The van der Waals surface area contributed by atoms with Gasteiger partial charge in [-0.1, -0.05) is 15.9 Å². The van der Waals surface area contributed by atoms with Crippen LogP contribution in [0.25, 0.3) is 0 Å². The Balaban J connectivity index is 1.99. The number of ether oxygens (including phenoxy) is 1. The topological polar surface area (TPSA) is 93.4 Å². The number of hydrogen-bond acceptors (Lipinski definition) is 7. The van der Waals surface area contributed by atoms with E-state index in [9.17, 15) is 14.5 Å². The maximum Gasteiger partial charge on any atom is 0.353 e. The van der Waals surface area contributed by atoms with E-state index < -0.39 is 10.7 Å². The molecule has 0 amide bonds. The molecule has 1 N–H and O–H groups in total. The van der Waals surface area contributed by atoms with Crippen LogP contribution < -0.4 is 10.2 Å². The molecular formula is C14H13BrFN5O3. The second-order valence-electron chi connectivity index (χ2n) is 5.00. The molecule has 0 radical (unpaired) electrons. The third-order valence-corrected chi connectivity index (χ3v) is 3.97. The number of nitrogens with one attached hydrogen (secondary N) is 1. The Morgan fingerprint density at radius 2 is 2.08 bits per heavy atom. The minimum atomic E-state index is -0.566. The summed E-state index contributed by atoms with van der Waals surface area (Å²) in [5, 5.41) is 14.2. The molecule has 126 valence electrons. The lowest BCUT2D eigenvalue weighted by Gasteiger charge is -2.27. The number of benzene rings is 1. The number of morpholine rings is 1. The highest BCUT2D eigenvalue weighted by molar-refractivity contribution is 9.10. The van der Waals surface area contributed by atoms with Crippen molar-refractivity contribution >= 4 is 38.9 Å². The molecule has 3 rings (SSSR count). The van der Waals surface area contributed by atoms with Gasteiger partial charge in [-0.3, -0.25) is 10.1 Å². The molecule has 0 unspecified atom stereocenters. The highest BCUT2D eigenvalue weighted by Gasteiger charge is 2.28. The summed E-state index contributed by atoms with van der Waals surface area (Å²) in [6, 6.07) is 4.36. The molecule has 1 saturated heterocycles. The quantitative estimate of drug-likeness (QED) is 0.625. The van der Waals surface area contributed by atoms with Gasteiger partial charge in [-0.25, -0.2) is 14.4 Å². The van der Waals surface area contributed by atoms with Crippen LogP contribution in [0.5, 0.6) is 0 Å². The van der Waals surface area contributed by atoms with Crippen molar-refractivity contribution in [2.45, 2.75) is 0 Å². The van der Waals surface area contributed by atoms with Crippen LogP contribution >= 0.6 is 15.9 Å². The third kappa shape index (κ3) is 3.44. The number of nitro groups is 1. The normalized spacial score (nSPS) is 14.5. The standard InChI is InChI=1S/C14H13BrFN5O3/c15-9-1-2-11(10(16)7-9)19-13-12(21(22)23)14(18-8-17-13)20-3-5-24-6-4-20/h1-2,7-8H,3-6H2,(H,17,18,19). The Labute approximate surface area is 144 Å². The zero-order valence-electron chi connectivity index (χ0n) is 12.4. The first-order valence-corrected chi connectivity index (χ1v) is 7.89. The van der Waals surface area contributed by atoms with Gasteiger partial charge in [-0.15, -0.1) is 0 Å². The summed E-state index contributed by atoms with van der Waals surface area (Å²) in [6.45, 7) is 1.91. The van der Waals surface area contributed by atoms with Crippen LogP contribution in [-0.4, -0.2) is 41.2 Å². The van der Waals surface area contributed by atoms with Gasteiger partial charge in [0.05, 0.1) is 23.8 Å². The molecule has 1 aliphatic rings. The fourth-order valence-corrected chi connectivity index (χ4v) is 2.69. The largest absolute Gasteiger partial charge is 0.378 e. The first kappa shape index (κ1) is 16.5. The van der Waals surface area contributed by atoms with Gasteiger partial charge in [0.15, 0.2) is 0 Å². The highest BCUT2D eigenvalue weighted by Crippen LogP contribution is 2.34. The minimum absolute atomic E-state index is 0.0577. The van der Waals surface area contributed by atoms with Crippen molar-refractivity contribution in [1.29, 1.82) is 0 Å². The van der Waals surface area contributed by atoms with Gasteiger partial charge < -0.3 is 15.0 Å². The third-order valence-electron chi connectivity index (χ3n) is 3.48. The first-order valence-electron chi connectivity index (χ1n) is 7.10. The average Bonchev–Trinajstić information content (AvgIpc) is 2.58. The number of anilines is 3. The van der Waals surface area contributed by atoms with Crippen molar-refractivity contribution in [2.75, 3.05) is 36.5 Å². The maximum absolute atomic E-state index is 14.0. The van der Waals surface area contributed by atoms with Crippen molar-refractivity contribution in [2.24, 2.45) is 0 Å². The van der Waals surface area contributed by atoms with Gasteiger partial charge >= 0.3 is 5.69 Å². The van der Waals surface area contributed by atoms with Crippen LogP contribution in [0.4, 0.5) is 27.4 Å². The molecule has 0 bridgehead atoms. The van der Waals surface area contributed by atoms with E-state index in [2.05, 4.69) is 31.2 Å². The Kier molecular flexibility index (Phi) is 4.86. The number of hydrogen-bond donors (Lipinski definition) is 1. The lowest BCUT2D eigenvalue weighted by atomic mass is 10.3. The monoisotopic (exact) mass is 397 g/mol. The van der Waals surface area contributed by atoms with Crippen LogP contribution in [-0.2, 0) is 4.74 Å². The molecule has 10 heteroatoms. The molecule has 2 heterocycles. The van der Waals surface area contributed by atoms with E-state index in [0.29, 0.717) is 30.8 Å². The van der Waals surface area contributed by atoms with Crippen LogP contribution in [0.2, 0.25) is 0 Å². The Bertz CT molecular complexity index is 770. The molecule has 0 spiro atoms. The lowest BCUT2D eigenvalue weighted by molar-refractivity contribution is -0.383. The van der Waals surface area contributed by atoms with Crippen LogP contribution in [0.1, 0.15) is 0 Å². The van der Waals surface area contributed by atoms with Gasteiger partial charge in [-0.05, 0) is 18.2 Å². The molecule has 8 nitrogen and oxygen atoms in total. The summed E-state index contributed by atoms with van der Waals surface area (Å²) in [4.78, 5) is 20.7. The van der Waals surface area contributed by atoms with E-state index in [4.69, 9.17) is 4.74 Å². The molecule has 1 aromatic carbocycles. The number of aromatic nitrogens is 2. The summed E-state index contributed by atoms with van der Waals surface area (Å²) >= 11 is 3.16. The second kappa shape index (κ2) is 7.05. The molecule has 1 fully saturated rings. The fraction of sp³-hybridized carbons (Fsp3) is 0.286. The van der Waals surface area contributed by atoms with Gasteiger partial charge in [-0.2, -0.15) is 0 Å². The molecular weight excluding hydrogens is 385 g/mol. The summed E-state index contributed by atoms with van der Waals surface area (Å²) in [7, 11) is 0. The minimum Gasteiger partial charge on any atom is -0.378 e. The number of nitrogens with zero attached hydrogens (tertiary/aromatic N) is 4. The zero-order chi connectivity index (χ0) is 17.1. The molecule has 1 aromatic heterocycles. The predicted molar refractivity (Wildman–Crippen MR) is 89.1 cm³/mol. The van der Waals surface area contributed by atoms with E-state index in [0.717, 1.165) is 0 Å². The SMILES string of the molecule is O=[N+]([O-])c1c(Nc2ccc(Br)cc2F)ncnc1N1CCOCC1. The van der Waals surface area contributed by atoms with Crippen LogP contribution in [0.15, 0.2) is 29.0 Å². The van der Waals surface area contributed by atoms with E-state index >= 15 is 0 Å². The maximum atomic E-state index is 14.0. The predicted octanol–water partition coefficient (Wildman–Crippen LogP) is 2.87. The van der Waals surface area contributed by atoms with Gasteiger partial charge in [0.2, 0.25) is 11.6 Å². The summed E-state index contributed by atoms with van der Waals surface area (Å²) in [6.07, 6.45) is 1.22. The van der Waals surface area contributed by atoms with E-state index in [1.165, 1.54) is 18.5 Å². The summed E-state index contributed by atoms with van der Waals surface area (Å²) < 4.78 is 19.8. The average molecular weight is 398 g/mol. The molecule has 1 aliphatic heterocycles. The Morgan fingerprint density at radius 1 is 1.33 bits per heavy atom. The Hall–Kier alpha value is -2.33. The molecule has 2 aromatic rings. The summed E-state index contributed by atoms with van der Waals surface area (Å²) in [5.74, 6) is -0.416. The fourth-order valence-electron chi connectivity index (χ4n) is 2.35. The highest BCUT2D eigenvalue weighted by atomic mass is 79.9. The smallest absolute Gasteiger partial charge is 0.353 e. The van der Waals surface area contributed by atoms with Gasteiger partial charge in [0, 0.05) is 17.6 Å². The summed E-state index contributed by atoms with van der Waals surface area (Å²) in [5.41, 5.74) is -0.199. The second-order valence-corrected chi connectivity index (χ2v) is 5.92. The van der Waals surface area contributed by atoms with Crippen molar-refractivity contribution in [3.63, 3.8) is 0 Å². The first-order chi connectivity index (χ1) is 11.6. The molecule has 24 heavy (non-hydrogen) atoms. The van der Waals surface area contributed by atoms with Crippen molar-refractivity contribution in [3.8, 4) is 0 Å². The zero-order valence-corrected chi connectivity index (χ0v) is 14.0. The van der Waals surface area contributed by atoms with Crippen molar-refractivity contribution in [1.82, 2.24) is 9.97 Å². The Morgan fingerprint density at radius 3 is 2.75 bits per heavy atom.